The van der Waals surface area contributed by atoms with Crippen molar-refractivity contribution in [1.29, 1.82) is 0 Å². The highest BCUT2D eigenvalue weighted by Gasteiger charge is 2.26. The second-order valence-corrected chi connectivity index (χ2v) is 8.48. The van der Waals surface area contributed by atoms with Crippen molar-refractivity contribution in [2.24, 2.45) is 0 Å². The van der Waals surface area contributed by atoms with Crippen LogP contribution in [0.2, 0.25) is 0 Å². The van der Waals surface area contributed by atoms with Crippen LogP contribution in [0.15, 0.2) is 71.8 Å². The molecule has 4 aromatic rings. The van der Waals surface area contributed by atoms with Crippen LogP contribution in [-0.4, -0.2) is 35.6 Å². The first-order chi connectivity index (χ1) is 13.8. The monoisotopic (exact) mass is 410 g/mol. The summed E-state index contributed by atoms with van der Waals surface area (Å²) in [4.78, 5) is 14.8. The summed E-state index contributed by atoms with van der Waals surface area (Å²) >= 11 is 0. The van der Waals surface area contributed by atoms with Gasteiger partial charge in [-0.15, -0.1) is 0 Å². The number of fused-ring (bicyclic) bond motifs is 2. The highest BCUT2D eigenvalue weighted by molar-refractivity contribution is 7.89. The lowest BCUT2D eigenvalue weighted by molar-refractivity contribution is -0.138. The first kappa shape index (κ1) is 19.0. The fourth-order valence-electron chi connectivity index (χ4n) is 3.33. The van der Waals surface area contributed by atoms with E-state index in [-0.39, 0.29) is 17.1 Å². The normalized spacial score (nSPS) is 13.0. The summed E-state index contributed by atoms with van der Waals surface area (Å²) in [7, 11) is -4.07. The van der Waals surface area contributed by atoms with Crippen LogP contribution in [0.3, 0.4) is 0 Å². The molecule has 7 nitrogen and oxygen atoms in total. The number of benzene rings is 3. The van der Waals surface area contributed by atoms with E-state index in [1.165, 1.54) is 24.3 Å². The van der Waals surface area contributed by atoms with Crippen molar-refractivity contribution >= 4 is 37.7 Å². The maximum atomic E-state index is 12.8. The van der Waals surface area contributed by atoms with Crippen molar-refractivity contribution in [3.8, 4) is 5.75 Å². The van der Waals surface area contributed by atoms with Crippen molar-refractivity contribution in [1.82, 2.24) is 9.71 Å². The summed E-state index contributed by atoms with van der Waals surface area (Å²) in [5.74, 6) is -1.18. The van der Waals surface area contributed by atoms with Gasteiger partial charge in [-0.05, 0) is 46.7 Å². The fourth-order valence-corrected chi connectivity index (χ4v) is 4.56. The number of aliphatic carboxylic acids is 1. The maximum absolute atomic E-state index is 12.8. The molecule has 0 radical (unpaired) electrons. The predicted octanol–water partition coefficient (Wildman–Crippen LogP) is 3.00. The number of carboxylic acids is 1. The van der Waals surface area contributed by atoms with Gasteiger partial charge in [0.2, 0.25) is 10.0 Å². The summed E-state index contributed by atoms with van der Waals surface area (Å²) in [6.07, 6.45) is 1.69. The number of aromatic hydroxyl groups is 1. The van der Waals surface area contributed by atoms with Crippen molar-refractivity contribution in [3.05, 3.63) is 72.4 Å². The van der Waals surface area contributed by atoms with Gasteiger partial charge in [-0.25, -0.2) is 8.42 Å². The van der Waals surface area contributed by atoms with Crippen LogP contribution in [0.5, 0.6) is 5.75 Å². The molecule has 0 spiro atoms. The molecule has 1 atom stereocenters. The van der Waals surface area contributed by atoms with E-state index in [2.05, 4.69) is 9.71 Å². The van der Waals surface area contributed by atoms with Gasteiger partial charge in [0.05, 0.1) is 4.90 Å². The Kier molecular flexibility index (Phi) is 4.73. The number of nitrogens with one attached hydrogen (secondary N) is 2. The zero-order valence-electron chi connectivity index (χ0n) is 15.2. The number of para-hydroxylation sites is 1. The lowest BCUT2D eigenvalue weighted by atomic mass is 10.1. The molecule has 29 heavy (non-hydrogen) atoms. The van der Waals surface area contributed by atoms with E-state index >= 15 is 0 Å². The molecule has 1 heterocycles. The number of H-pyrrole nitrogens is 1. The van der Waals surface area contributed by atoms with Gasteiger partial charge in [-0.3, -0.25) is 4.79 Å². The van der Waals surface area contributed by atoms with Crippen molar-refractivity contribution in [2.45, 2.75) is 17.4 Å². The standard InChI is InChI=1S/C21H18N2O5S/c24-16-7-5-14-10-17(8-6-13(14)9-16)29(27,28)23-20(21(25)26)11-15-12-22-19-4-2-1-3-18(15)19/h1-10,12,20,22-24H,11H2,(H,25,26)/t20-/m0/s1. The summed E-state index contributed by atoms with van der Waals surface area (Å²) in [6, 6.07) is 15.1. The number of sulfonamides is 1. The molecule has 4 rings (SSSR count). The third kappa shape index (κ3) is 3.80. The molecule has 0 amide bonds. The number of phenols is 1. The number of phenolic OH excluding ortho intramolecular Hbond substituents is 1. The Hall–Kier alpha value is -3.36. The van der Waals surface area contributed by atoms with Gasteiger partial charge in [0.15, 0.2) is 0 Å². The number of hydrogen-bond donors (Lipinski definition) is 4. The second-order valence-electron chi connectivity index (χ2n) is 6.77. The van der Waals surface area contributed by atoms with Crippen molar-refractivity contribution in [3.63, 3.8) is 0 Å². The molecular formula is C21H18N2O5S. The van der Waals surface area contributed by atoms with Gasteiger partial charge >= 0.3 is 5.97 Å². The quantitative estimate of drug-likeness (QED) is 0.390. The maximum Gasteiger partial charge on any atom is 0.322 e. The molecule has 0 saturated heterocycles. The Labute approximate surface area is 166 Å². The molecule has 3 aromatic carbocycles. The Balaban J connectivity index is 1.63. The molecular weight excluding hydrogens is 392 g/mol. The van der Waals surface area contributed by atoms with Gasteiger partial charge in [-0.1, -0.05) is 30.3 Å². The molecule has 148 valence electrons. The molecule has 0 unspecified atom stereocenters. The van der Waals surface area contributed by atoms with Gasteiger partial charge in [0, 0.05) is 23.5 Å². The van der Waals surface area contributed by atoms with Crippen molar-refractivity contribution in [2.75, 3.05) is 0 Å². The Morgan fingerprint density at radius 1 is 1.03 bits per heavy atom. The minimum Gasteiger partial charge on any atom is -0.508 e. The highest BCUT2D eigenvalue weighted by Crippen LogP contribution is 2.24. The molecule has 0 bridgehead atoms. The van der Waals surface area contributed by atoms with E-state index in [9.17, 15) is 23.4 Å². The minimum atomic E-state index is -4.07. The lowest BCUT2D eigenvalue weighted by Gasteiger charge is -2.15. The molecule has 0 saturated carbocycles. The SMILES string of the molecule is O=C(O)[C@H](Cc1c[nH]c2ccccc12)NS(=O)(=O)c1ccc2cc(O)ccc2c1. The number of aromatic amines is 1. The van der Waals surface area contributed by atoms with Crippen LogP contribution in [0, 0.1) is 0 Å². The molecule has 8 heteroatoms. The lowest BCUT2D eigenvalue weighted by Crippen LogP contribution is -2.42. The Morgan fingerprint density at radius 3 is 2.55 bits per heavy atom. The van der Waals surface area contributed by atoms with Crippen LogP contribution < -0.4 is 4.72 Å². The summed E-state index contributed by atoms with van der Waals surface area (Å²) in [5, 5.41) is 21.3. The van der Waals surface area contributed by atoms with E-state index in [1.807, 2.05) is 24.3 Å². The first-order valence-corrected chi connectivity index (χ1v) is 10.3. The average molecular weight is 410 g/mol. The molecule has 0 aliphatic rings. The van der Waals surface area contributed by atoms with Crippen LogP contribution >= 0.6 is 0 Å². The van der Waals surface area contributed by atoms with Crippen LogP contribution in [0.1, 0.15) is 5.56 Å². The van der Waals surface area contributed by atoms with Gasteiger partial charge < -0.3 is 15.2 Å². The van der Waals surface area contributed by atoms with E-state index in [1.54, 1.807) is 18.3 Å². The van der Waals surface area contributed by atoms with E-state index in [0.29, 0.717) is 16.3 Å². The van der Waals surface area contributed by atoms with E-state index < -0.39 is 22.0 Å². The topological polar surface area (TPSA) is 119 Å². The van der Waals surface area contributed by atoms with Gasteiger partial charge in [0.25, 0.3) is 0 Å². The largest absolute Gasteiger partial charge is 0.508 e. The predicted molar refractivity (Wildman–Crippen MR) is 109 cm³/mol. The zero-order valence-corrected chi connectivity index (χ0v) is 16.0. The number of hydrogen-bond acceptors (Lipinski definition) is 4. The Bertz CT molecular complexity index is 1330. The molecule has 0 aliphatic heterocycles. The average Bonchev–Trinajstić information content (AvgIpc) is 3.10. The number of aromatic nitrogens is 1. The van der Waals surface area contributed by atoms with Crippen LogP contribution in [-0.2, 0) is 21.2 Å². The smallest absolute Gasteiger partial charge is 0.322 e. The molecule has 1 aromatic heterocycles. The summed E-state index contributed by atoms with van der Waals surface area (Å²) in [5.41, 5.74) is 1.57. The first-order valence-electron chi connectivity index (χ1n) is 8.86. The third-order valence-electron chi connectivity index (χ3n) is 4.80. The number of carboxylic acid groups (broad SMARTS) is 1. The summed E-state index contributed by atoms with van der Waals surface area (Å²) < 4.78 is 27.9. The van der Waals surface area contributed by atoms with E-state index in [0.717, 1.165) is 10.9 Å². The second kappa shape index (κ2) is 7.23. The molecule has 0 aliphatic carbocycles. The van der Waals surface area contributed by atoms with E-state index in [4.69, 9.17) is 0 Å². The van der Waals surface area contributed by atoms with Crippen molar-refractivity contribution < 1.29 is 23.4 Å². The minimum absolute atomic E-state index is 0.0000301. The van der Waals surface area contributed by atoms with Crippen LogP contribution in [0.4, 0.5) is 0 Å². The number of rotatable bonds is 6. The summed E-state index contributed by atoms with van der Waals surface area (Å²) in [6.45, 7) is 0. The Morgan fingerprint density at radius 2 is 1.76 bits per heavy atom. The van der Waals surface area contributed by atoms with Crippen LogP contribution in [0.25, 0.3) is 21.7 Å². The molecule has 0 fully saturated rings. The van der Waals surface area contributed by atoms with Gasteiger partial charge in [-0.2, -0.15) is 4.72 Å². The fraction of sp³-hybridized carbons (Fsp3) is 0.0952. The zero-order chi connectivity index (χ0) is 20.6. The third-order valence-corrected chi connectivity index (χ3v) is 6.27. The highest BCUT2D eigenvalue weighted by atomic mass is 32.2. The van der Waals surface area contributed by atoms with Gasteiger partial charge in [0.1, 0.15) is 11.8 Å². The number of carbonyl (C=O) groups is 1. The molecule has 4 N–H and O–H groups in total.